The molecule has 21 heavy (non-hydrogen) atoms. The lowest BCUT2D eigenvalue weighted by atomic mass is 10.2. The molecule has 1 atom stereocenters. The zero-order valence-corrected chi connectivity index (χ0v) is 11.7. The average Bonchev–Trinajstić information content (AvgIpc) is 2.97. The van der Waals surface area contributed by atoms with Gasteiger partial charge in [-0.2, -0.15) is 13.2 Å². The van der Waals surface area contributed by atoms with Gasteiger partial charge in [-0.25, -0.2) is 0 Å². The number of hydrogen-bond donors (Lipinski definition) is 1. The van der Waals surface area contributed by atoms with Crippen LogP contribution in [0.2, 0.25) is 0 Å². The van der Waals surface area contributed by atoms with E-state index in [1.165, 1.54) is 6.20 Å². The van der Waals surface area contributed by atoms with E-state index in [4.69, 9.17) is 0 Å². The molecule has 0 aromatic carbocycles. The van der Waals surface area contributed by atoms with Gasteiger partial charge in [0.1, 0.15) is 5.69 Å². The molecular formula is C14H19F3N4. The van der Waals surface area contributed by atoms with Gasteiger partial charge in [0, 0.05) is 57.2 Å². The van der Waals surface area contributed by atoms with Crippen molar-refractivity contribution in [2.75, 3.05) is 44.2 Å². The van der Waals surface area contributed by atoms with E-state index in [0.29, 0.717) is 11.7 Å². The quantitative estimate of drug-likeness (QED) is 0.899. The first kappa shape index (κ1) is 14.6. The highest BCUT2D eigenvalue weighted by Crippen LogP contribution is 2.31. The van der Waals surface area contributed by atoms with Gasteiger partial charge in [0.2, 0.25) is 0 Å². The zero-order valence-electron chi connectivity index (χ0n) is 11.7. The van der Waals surface area contributed by atoms with Gasteiger partial charge in [-0.1, -0.05) is 0 Å². The second-order valence-electron chi connectivity index (χ2n) is 5.57. The highest BCUT2D eigenvalue weighted by Gasteiger charge is 2.34. The summed E-state index contributed by atoms with van der Waals surface area (Å²) in [6.07, 6.45) is -2.13. The van der Waals surface area contributed by atoms with Crippen LogP contribution in [0.25, 0.3) is 0 Å². The summed E-state index contributed by atoms with van der Waals surface area (Å²) in [5.74, 6) is 0. The maximum atomic E-state index is 12.7. The maximum Gasteiger partial charge on any atom is 0.433 e. The molecule has 0 saturated carbocycles. The van der Waals surface area contributed by atoms with Gasteiger partial charge in [-0.15, -0.1) is 0 Å². The normalized spacial score (nSPS) is 24.5. The monoisotopic (exact) mass is 300 g/mol. The predicted octanol–water partition coefficient (Wildman–Crippen LogP) is 1.58. The summed E-state index contributed by atoms with van der Waals surface area (Å²) in [6.45, 7) is 5.61. The fraction of sp³-hybridized carbons (Fsp3) is 0.643. The van der Waals surface area contributed by atoms with Crippen molar-refractivity contribution in [1.29, 1.82) is 0 Å². The molecule has 3 rings (SSSR count). The highest BCUT2D eigenvalue weighted by atomic mass is 19.4. The number of hydrogen-bond acceptors (Lipinski definition) is 4. The Kier molecular flexibility index (Phi) is 4.03. The first-order valence-corrected chi connectivity index (χ1v) is 7.27. The molecule has 2 saturated heterocycles. The first-order chi connectivity index (χ1) is 10.0. The lowest BCUT2D eigenvalue weighted by Gasteiger charge is -2.32. The number of nitrogens with zero attached hydrogens (tertiary/aromatic N) is 3. The van der Waals surface area contributed by atoms with Crippen LogP contribution < -0.4 is 10.2 Å². The van der Waals surface area contributed by atoms with Gasteiger partial charge in [0.05, 0.1) is 0 Å². The Bertz CT molecular complexity index is 485. The number of pyridine rings is 1. The SMILES string of the molecule is FC(F)(F)c1cc(N2CCC(N3CCNCC3)C2)ccn1. The van der Waals surface area contributed by atoms with Crippen LogP contribution in [0.4, 0.5) is 18.9 Å². The molecule has 2 aliphatic rings. The minimum atomic E-state index is -4.38. The Hall–Kier alpha value is -1.34. The molecule has 0 radical (unpaired) electrons. The zero-order chi connectivity index (χ0) is 14.9. The molecule has 0 aliphatic carbocycles. The van der Waals surface area contributed by atoms with Crippen LogP contribution in [0.5, 0.6) is 0 Å². The fourth-order valence-electron chi connectivity index (χ4n) is 3.09. The average molecular weight is 300 g/mol. The largest absolute Gasteiger partial charge is 0.433 e. The van der Waals surface area contributed by atoms with E-state index in [1.54, 1.807) is 6.07 Å². The van der Waals surface area contributed by atoms with E-state index in [9.17, 15) is 13.2 Å². The second-order valence-corrected chi connectivity index (χ2v) is 5.57. The number of piperazine rings is 1. The summed E-state index contributed by atoms with van der Waals surface area (Å²) in [5, 5.41) is 3.32. The predicted molar refractivity (Wildman–Crippen MR) is 74.3 cm³/mol. The summed E-state index contributed by atoms with van der Waals surface area (Å²) < 4.78 is 38.2. The summed E-state index contributed by atoms with van der Waals surface area (Å²) >= 11 is 0. The van der Waals surface area contributed by atoms with Crippen molar-refractivity contribution in [3.05, 3.63) is 24.0 Å². The van der Waals surface area contributed by atoms with Crippen LogP contribution >= 0.6 is 0 Å². The molecule has 2 fully saturated rings. The molecule has 0 amide bonds. The molecule has 1 aromatic rings. The Morgan fingerprint density at radius 1 is 1.19 bits per heavy atom. The van der Waals surface area contributed by atoms with Crippen molar-refractivity contribution in [2.24, 2.45) is 0 Å². The molecule has 3 heterocycles. The van der Waals surface area contributed by atoms with Crippen LogP contribution in [0, 0.1) is 0 Å². The molecule has 7 heteroatoms. The van der Waals surface area contributed by atoms with Gasteiger partial charge in [0.25, 0.3) is 0 Å². The smallest absolute Gasteiger partial charge is 0.370 e. The third-order valence-electron chi connectivity index (χ3n) is 4.23. The van der Waals surface area contributed by atoms with E-state index in [-0.39, 0.29) is 0 Å². The minimum absolute atomic E-state index is 0.439. The highest BCUT2D eigenvalue weighted by molar-refractivity contribution is 5.48. The summed E-state index contributed by atoms with van der Waals surface area (Å²) in [4.78, 5) is 7.88. The third kappa shape index (κ3) is 3.29. The Labute approximate surface area is 121 Å². The molecule has 116 valence electrons. The number of aromatic nitrogens is 1. The Morgan fingerprint density at radius 2 is 1.95 bits per heavy atom. The number of anilines is 1. The molecule has 2 aliphatic heterocycles. The Morgan fingerprint density at radius 3 is 2.67 bits per heavy atom. The van der Waals surface area contributed by atoms with Gasteiger partial charge in [-0.05, 0) is 18.6 Å². The van der Waals surface area contributed by atoms with Crippen molar-refractivity contribution in [3.63, 3.8) is 0 Å². The summed E-state index contributed by atoms with van der Waals surface area (Å²) in [5.41, 5.74) is -0.194. The van der Waals surface area contributed by atoms with Crippen LogP contribution in [-0.4, -0.2) is 55.2 Å². The molecule has 1 aromatic heterocycles. The van der Waals surface area contributed by atoms with Crippen molar-refractivity contribution >= 4 is 5.69 Å². The van der Waals surface area contributed by atoms with Crippen LogP contribution in [0.3, 0.4) is 0 Å². The molecular weight excluding hydrogens is 281 g/mol. The molecule has 0 bridgehead atoms. The standard InChI is InChI=1S/C14H19F3N4/c15-14(16,17)13-9-11(1-3-19-13)21-6-2-12(10-21)20-7-4-18-5-8-20/h1,3,9,12,18H,2,4-8,10H2. The lowest BCUT2D eigenvalue weighted by molar-refractivity contribution is -0.141. The molecule has 1 N–H and O–H groups in total. The number of halogens is 3. The van der Waals surface area contributed by atoms with Crippen molar-refractivity contribution in [1.82, 2.24) is 15.2 Å². The number of alkyl halides is 3. The lowest BCUT2D eigenvalue weighted by Crippen LogP contribution is -2.49. The van der Waals surface area contributed by atoms with E-state index in [2.05, 4.69) is 15.2 Å². The Balaban J connectivity index is 1.68. The van der Waals surface area contributed by atoms with Crippen LogP contribution in [0.15, 0.2) is 18.3 Å². The fourth-order valence-corrected chi connectivity index (χ4v) is 3.09. The van der Waals surface area contributed by atoms with Crippen molar-refractivity contribution < 1.29 is 13.2 Å². The van der Waals surface area contributed by atoms with E-state index >= 15 is 0 Å². The van der Waals surface area contributed by atoms with Crippen LogP contribution in [0.1, 0.15) is 12.1 Å². The van der Waals surface area contributed by atoms with Gasteiger partial charge >= 0.3 is 6.18 Å². The summed E-state index contributed by atoms with van der Waals surface area (Å²) in [6, 6.07) is 3.25. The van der Waals surface area contributed by atoms with Crippen molar-refractivity contribution in [2.45, 2.75) is 18.6 Å². The van der Waals surface area contributed by atoms with Gasteiger partial charge < -0.3 is 10.2 Å². The topological polar surface area (TPSA) is 31.4 Å². The van der Waals surface area contributed by atoms with E-state index < -0.39 is 11.9 Å². The van der Waals surface area contributed by atoms with E-state index in [0.717, 1.165) is 51.8 Å². The maximum absolute atomic E-state index is 12.7. The number of nitrogens with one attached hydrogen (secondary N) is 1. The number of rotatable bonds is 2. The first-order valence-electron chi connectivity index (χ1n) is 7.27. The minimum Gasteiger partial charge on any atom is -0.370 e. The third-order valence-corrected chi connectivity index (χ3v) is 4.23. The summed E-state index contributed by atoms with van der Waals surface area (Å²) in [7, 11) is 0. The molecule has 1 unspecified atom stereocenters. The van der Waals surface area contributed by atoms with Crippen molar-refractivity contribution in [3.8, 4) is 0 Å². The van der Waals surface area contributed by atoms with Crippen LogP contribution in [-0.2, 0) is 6.18 Å². The molecule has 4 nitrogen and oxygen atoms in total. The van der Waals surface area contributed by atoms with E-state index in [1.807, 2.05) is 4.90 Å². The molecule has 0 spiro atoms. The van der Waals surface area contributed by atoms with Gasteiger partial charge in [0.15, 0.2) is 0 Å². The van der Waals surface area contributed by atoms with Gasteiger partial charge in [-0.3, -0.25) is 9.88 Å². The second kappa shape index (κ2) is 5.81.